The fourth-order valence-electron chi connectivity index (χ4n) is 2.26. The summed E-state index contributed by atoms with van der Waals surface area (Å²) in [6, 6.07) is 11.3. The van der Waals surface area contributed by atoms with Gasteiger partial charge in [0.2, 0.25) is 0 Å². The van der Waals surface area contributed by atoms with Crippen LogP contribution >= 0.6 is 11.6 Å². The molecule has 1 aliphatic rings. The monoisotopic (exact) mass is 223 g/mol. The molecular formula is C13H18ClN. The Morgan fingerprint density at radius 1 is 1.20 bits per heavy atom. The van der Waals surface area contributed by atoms with Gasteiger partial charge in [-0.1, -0.05) is 36.8 Å². The average Bonchev–Trinajstić information content (AvgIpc) is 2.31. The van der Waals surface area contributed by atoms with Crippen LogP contribution in [0.15, 0.2) is 30.3 Å². The first kappa shape index (κ1) is 11.0. The zero-order valence-electron chi connectivity index (χ0n) is 9.03. The first-order valence-electron chi connectivity index (χ1n) is 5.74. The Kier molecular flexibility index (Phi) is 4.04. The van der Waals surface area contributed by atoms with Crippen LogP contribution in [0.3, 0.4) is 0 Å². The Morgan fingerprint density at radius 3 is 2.73 bits per heavy atom. The predicted molar refractivity (Wildman–Crippen MR) is 65.2 cm³/mol. The third-order valence-corrected chi connectivity index (χ3v) is 3.51. The van der Waals surface area contributed by atoms with Crippen molar-refractivity contribution in [3.05, 3.63) is 35.9 Å². The van der Waals surface area contributed by atoms with Gasteiger partial charge in [0.05, 0.1) is 0 Å². The third kappa shape index (κ3) is 2.96. The summed E-state index contributed by atoms with van der Waals surface area (Å²) in [5, 5.41) is 0. The lowest BCUT2D eigenvalue weighted by molar-refractivity contribution is 0.155. The molecule has 15 heavy (non-hydrogen) atoms. The van der Waals surface area contributed by atoms with E-state index in [1.165, 1.54) is 31.4 Å². The molecule has 1 aromatic carbocycles. The highest BCUT2D eigenvalue weighted by molar-refractivity contribution is 6.18. The van der Waals surface area contributed by atoms with Crippen molar-refractivity contribution in [2.45, 2.75) is 31.8 Å². The summed E-state index contributed by atoms with van der Waals surface area (Å²) < 4.78 is 0. The second kappa shape index (κ2) is 5.53. The van der Waals surface area contributed by atoms with Gasteiger partial charge in [-0.3, -0.25) is 4.90 Å². The molecule has 0 spiro atoms. The number of nitrogens with zero attached hydrogens (tertiary/aromatic N) is 1. The van der Waals surface area contributed by atoms with Crippen molar-refractivity contribution in [2.24, 2.45) is 0 Å². The quantitative estimate of drug-likeness (QED) is 0.711. The molecule has 1 nitrogen and oxygen atoms in total. The minimum Gasteiger partial charge on any atom is -0.295 e. The molecule has 0 aliphatic carbocycles. The van der Waals surface area contributed by atoms with Crippen molar-refractivity contribution < 1.29 is 0 Å². The minimum absolute atomic E-state index is 0.584. The maximum atomic E-state index is 6.00. The van der Waals surface area contributed by atoms with Gasteiger partial charge in [-0.25, -0.2) is 0 Å². The van der Waals surface area contributed by atoms with Crippen molar-refractivity contribution in [3.8, 4) is 0 Å². The fraction of sp³-hybridized carbons (Fsp3) is 0.538. The van der Waals surface area contributed by atoms with Gasteiger partial charge in [-0.15, -0.1) is 11.6 Å². The van der Waals surface area contributed by atoms with Gasteiger partial charge in [-0.05, 0) is 24.9 Å². The van der Waals surface area contributed by atoms with Gasteiger partial charge in [0.25, 0.3) is 0 Å². The lowest BCUT2D eigenvalue weighted by atomic mass is 10.0. The molecule has 1 atom stereocenters. The summed E-state index contributed by atoms with van der Waals surface area (Å²) in [4.78, 5) is 2.52. The van der Waals surface area contributed by atoms with E-state index in [0.717, 1.165) is 12.4 Å². The molecule has 2 heteroatoms. The molecule has 0 amide bonds. The van der Waals surface area contributed by atoms with Crippen molar-refractivity contribution >= 4 is 11.6 Å². The lowest BCUT2D eigenvalue weighted by Gasteiger charge is -2.34. The highest BCUT2D eigenvalue weighted by atomic mass is 35.5. The molecule has 82 valence electrons. The number of benzene rings is 1. The maximum absolute atomic E-state index is 6.00. The molecule has 0 unspecified atom stereocenters. The van der Waals surface area contributed by atoms with Crippen molar-refractivity contribution in [1.82, 2.24) is 4.90 Å². The standard InChI is InChI=1S/C13H18ClN/c14-10-13-8-4-5-9-15(13)11-12-6-2-1-3-7-12/h1-3,6-7,13H,4-5,8-11H2/t13-/m1/s1. The number of likely N-dealkylation sites (tertiary alicyclic amines) is 1. The zero-order valence-corrected chi connectivity index (χ0v) is 9.79. The van der Waals surface area contributed by atoms with E-state index < -0.39 is 0 Å². The Labute approximate surface area is 97.0 Å². The van der Waals surface area contributed by atoms with Crippen LogP contribution in [0, 0.1) is 0 Å². The van der Waals surface area contributed by atoms with Crippen LogP contribution in [-0.4, -0.2) is 23.4 Å². The van der Waals surface area contributed by atoms with E-state index in [9.17, 15) is 0 Å². The van der Waals surface area contributed by atoms with Crippen LogP contribution in [0.5, 0.6) is 0 Å². The summed E-state index contributed by atoms with van der Waals surface area (Å²) in [5.74, 6) is 0.771. The summed E-state index contributed by atoms with van der Waals surface area (Å²) in [6.07, 6.45) is 3.92. The van der Waals surface area contributed by atoms with E-state index in [-0.39, 0.29) is 0 Å². The first-order chi connectivity index (χ1) is 7.40. The van der Waals surface area contributed by atoms with E-state index in [4.69, 9.17) is 11.6 Å². The smallest absolute Gasteiger partial charge is 0.0379 e. The van der Waals surface area contributed by atoms with Gasteiger partial charge < -0.3 is 0 Å². The summed E-state index contributed by atoms with van der Waals surface area (Å²) in [6.45, 7) is 2.25. The highest BCUT2D eigenvalue weighted by Crippen LogP contribution is 2.20. The molecule has 1 saturated heterocycles. The van der Waals surface area contributed by atoms with Crippen LogP contribution in [0.2, 0.25) is 0 Å². The van der Waals surface area contributed by atoms with Gasteiger partial charge in [0.15, 0.2) is 0 Å². The second-order valence-corrected chi connectivity index (χ2v) is 4.57. The van der Waals surface area contributed by atoms with E-state index in [2.05, 4.69) is 35.2 Å². The molecule has 2 rings (SSSR count). The molecule has 0 saturated carbocycles. The van der Waals surface area contributed by atoms with E-state index in [0.29, 0.717) is 6.04 Å². The number of piperidine rings is 1. The van der Waals surface area contributed by atoms with Gasteiger partial charge in [-0.2, -0.15) is 0 Å². The Morgan fingerprint density at radius 2 is 2.00 bits per heavy atom. The number of hydrogen-bond donors (Lipinski definition) is 0. The topological polar surface area (TPSA) is 3.24 Å². The van der Waals surface area contributed by atoms with Gasteiger partial charge in [0.1, 0.15) is 0 Å². The number of alkyl halides is 1. The zero-order chi connectivity index (χ0) is 10.5. The lowest BCUT2D eigenvalue weighted by Crippen LogP contribution is -2.40. The summed E-state index contributed by atoms with van der Waals surface area (Å²) >= 11 is 6.00. The Balaban J connectivity index is 1.97. The second-order valence-electron chi connectivity index (χ2n) is 4.26. The third-order valence-electron chi connectivity index (χ3n) is 3.16. The largest absolute Gasteiger partial charge is 0.295 e. The van der Waals surface area contributed by atoms with Crippen LogP contribution in [0.1, 0.15) is 24.8 Å². The summed E-state index contributed by atoms with van der Waals surface area (Å²) in [5.41, 5.74) is 1.40. The molecule has 0 aromatic heterocycles. The average molecular weight is 224 g/mol. The van der Waals surface area contributed by atoms with Gasteiger partial charge >= 0.3 is 0 Å². The minimum atomic E-state index is 0.584. The Hall–Kier alpha value is -0.530. The summed E-state index contributed by atoms with van der Waals surface area (Å²) in [7, 11) is 0. The van der Waals surface area contributed by atoms with Crippen LogP contribution in [0.4, 0.5) is 0 Å². The van der Waals surface area contributed by atoms with Crippen LogP contribution in [0.25, 0.3) is 0 Å². The molecular weight excluding hydrogens is 206 g/mol. The molecule has 1 fully saturated rings. The molecule has 0 bridgehead atoms. The number of hydrogen-bond acceptors (Lipinski definition) is 1. The highest BCUT2D eigenvalue weighted by Gasteiger charge is 2.21. The molecule has 0 N–H and O–H groups in total. The molecule has 1 aromatic rings. The normalized spacial score (nSPS) is 22.9. The number of rotatable bonds is 3. The number of halogens is 1. The maximum Gasteiger partial charge on any atom is 0.0379 e. The first-order valence-corrected chi connectivity index (χ1v) is 6.27. The van der Waals surface area contributed by atoms with E-state index in [1.54, 1.807) is 0 Å². The van der Waals surface area contributed by atoms with E-state index >= 15 is 0 Å². The van der Waals surface area contributed by atoms with Crippen LogP contribution < -0.4 is 0 Å². The SMILES string of the molecule is ClC[C@H]1CCCCN1Cc1ccccc1. The fourth-order valence-corrected chi connectivity index (χ4v) is 2.61. The Bertz CT molecular complexity index is 286. The predicted octanol–water partition coefficient (Wildman–Crippen LogP) is 3.28. The molecule has 0 radical (unpaired) electrons. The van der Waals surface area contributed by atoms with Crippen molar-refractivity contribution in [3.63, 3.8) is 0 Å². The molecule has 1 heterocycles. The van der Waals surface area contributed by atoms with Crippen molar-refractivity contribution in [1.29, 1.82) is 0 Å². The van der Waals surface area contributed by atoms with Crippen molar-refractivity contribution in [2.75, 3.05) is 12.4 Å². The van der Waals surface area contributed by atoms with E-state index in [1.807, 2.05) is 0 Å². The van der Waals surface area contributed by atoms with Crippen LogP contribution in [-0.2, 0) is 6.54 Å². The molecule has 1 aliphatic heterocycles. The van der Waals surface area contributed by atoms with Gasteiger partial charge in [0, 0.05) is 18.5 Å².